The first-order valence-corrected chi connectivity index (χ1v) is 8.83. The molecule has 0 aliphatic carbocycles. The average molecular weight is 369 g/mol. The third-order valence-corrected chi connectivity index (χ3v) is 4.15. The van der Waals surface area contributed by atoms with Crippen molar-refractivity contribution >= 4 is 27.7 Å². The monoisotopic (exact) mass is 368 g/mol. The zero-order chi connectivity index (χ0) is 16.4. The van der Waals surface area contributed by atoms with E-state index in [4.69, 9.17) is 4.74 Å². The van der Waals surface area contributed by atoms with Gasteiger partial charge >= 0.3 is 5.97 Å². The Bertz CT molecular complexity index is 468. The maximum Gasteiger partial charge on any atom is 0.306 e. The van der Waals surface area contributed by atoms with Gasteiger partial charge in [0.05, 0.1) is 13.0 Å². The predicted octanol–water partition coefficient (Wildman–Crippen LogP) is 5.17. The van der Waals surface area contributed by atoms with E-state index in [0.717, 1.165) is 30.2 Å². The predicted molar refractivity (Wildman–Crippen MR) is 92.0 cm³/mol. The summed E-state index contributed by atoms with van der Waals surface area (Å²) in [7, 11) is 0. The highest BCUT2D eigenvalue weighted by atomic mass is 79.9. The van der Waals surface area contributed by atoms with Gasteiger partial charge in [-0.25, -0.2) is 0 Å². The SMILES string of the molecule is CCCCCC[C@H](CC(=O)OCC)C(=O)c1ccc(Br)cc1. The first-order chi connectivity index (χ1) is 10.6. The summed E-state index contributed by atoms with van der Waals surface area (Å²) < 4.78 is 5.95. The van der Waals surface area contributed by atoms with Gasteiger partial charge in [0.2, 0.25) is 0 Å². The molecule has 0 N–H and O–H groups in total. The fourth-order valence-corrected chi connectivity index (χ4v) is 2.68. The molecule has 0 saturated heterocycles. The normalized spacial score (nSPS) is 12.0. The lowest BCUT2D eigenvalue weighted by Crippen LogP contribution is -2.20. The van der Waals surface area contributed by atoms with E-state index < -0.39 is 0 Å². The maximum atomic E-state index is 12.6. The van der Waals surface area contributed by atoms with E-state index in [9.17, 15) is 9.59 Å². The van der Waals surface area contributed by atoms with Crippen LogP contribution in [0.1, 0.15) is 62.7 Å². The molecule has 4 heteroatoms. The van der Waals surface area contributed by atoms with Crippen molar-refractivity contribution < 1.29 is 14.3 Å². The molecule has 0 heterocycles. The Morgan fingerprint density at radius 1 is 1.09 bits per heavy atom. The van der Waals surface area contributed by atoms with Crippen molar-refractivity contribution in [1.82, 2.24) is 0 Å². The molecular weight excluding hydrogens is 344 g/mol. The Balaban J connectivity index is 2.71. The van der Waals surface area contributed by atoms with Crippen LogP contribution in [-0.4, -0.2) is 18.4 Å². The minimum Gasteiger partial charge on any atom is -0.466 e. The highest BCUT2D eigenvalue weighted by Crippen LogP contribution is 2.22. The minimum absolute atomic E-state index is 0.0389. The van der Waals surface area contributed by atoms with Crippen molar-refractivity contribution in [3.8, 4) is 0 Å². The van der Waals surface area contributed by atoms with Gasteiger partial charge in [-0.3, -0.25) is 9.59 Å². The van der Waals surface area contributed by atoms with Crippen molar-refractivity contribution in [3.05, 3.63) is 34.3 Å². The largest absolute Gasteiger partial charge is 0.466 e. The van der Waals surface area contributed by atoms with Gasteiger partial charge in [-0.2, -0.15) is 0 Å². The van der Waals surface area contributed by atoms with Gasteiger partial charge < -0.3 is 4.74 Å². The second-order valence-electron chi connectivity index (χ2n) is 5.43. The summed E-state index contributed by atoms with van der Waals surface area (Å²) in [5.74, 6) is -0.525. The molecule has 0 radical (unpaired) electrons. The molecule has 22 heavy (non-hydrogen) atoms. The van der Waals surface area contributed by atoms with E-state index >= 15 is 0 Å². The van der Waals surface area contributed by atoms with Crippen LogP contribution in [0.15, 0.2) is 28.7 Å². The van der Waals surface area contributed by atoms with E-state index in [0.29, 0.717) is 12.2 Å². The van der Waals surface area contributed by atoms with E-state index in [1.165, 1.54) is 6.42 Å². The molecule has 0 bridgehead atoms. The fourth-order valence-electron chi connectivity index (χ4n) is 2.41. The number of carbonyl (C=O) groups is 2. The quantitative estimate of drug-likeness (QED) is 0.325. The number of Topliss-reactive ketones (excluding diaryl/α,β-unsaturated/α-hetero) is 1. The number of hydrogen-bond acceptors (Lipinski definition) is 3. The fraction of sp³-hybridized carbons (Fsp3) is 0.556. The zero-order valence-corrected chi connectivity index (χ0v) is 15.0. The van der Waals surface area contributed by atoms with Gasteiger partial charge in [0.1, 0.15) is 0 Å². The number of esters is 1. The van der Waals surface area contributed by atoms with Crippen LogP contribution in [0.4, 0.5) is 0 Å². The number of carbonyl (C=O) groups excluding carboxylic acids is 2. The Morgan fingerprint density at radius 3 is 2.36 bits per heavy atom. The Morgan fingerprint density at radius 2 is 1.77 bits per heavy atom. The van der Waals surface area contributed by atoms with E-state index in [-0.39, 0.29) is 24.1 Å². The van der Waals surface area contributed by atoms with Crippen LogP contribution in [0.3, 0.4) is 0 Å². The Kier molecular flexibility index (Phi) is 9.05. The standard InChI is InChI=1S/C18H25BrO3/c1-3-5-6-7-8-15(13-17(20)22-4-2)18(21)14-9-11-16(19)12-10-14/h9-12,15H,3-8,13H2,1-2H3/t15-/m1/s1. The van der Waals surface area contributed by atoms with Crippen LogP contribution >= 0.6 is 15.9 Å². The summed E-state index contributed by atoms with van der Waals surface area (Å²) in [5, 5.41) is 0. The molecule has 122 valence electrons. The van der Waals surface area contributed by atoms with Gasteiger partial charge in [-0.15, -0.1) is 0 Å². The Hall–Kier alpha value is -1.16. The number of halogens is 1. The van der Waals surface area contributed by atoms with Gasteiger partial charge in [-0.1, -0.05) is 60.7 Å². The lowest BCUT2D eigenvalue weighted by atomic mass is 9.89. The topological polar surface area (TPSA) is 43.4 Å². The third-order valence-electron chi connectivity index (χ3n) is 3.62. The summed E-state index contributed by atoms with van der Waals surface area (Å²) in [4.78, 5) is 24.4. The lowest BCUT2D eigenvalue weighted by Gasteiger charge is -2.15. The molecule has 1 aromatic rings. The summed E-state index contributed by atoms with van der Waals surface area (Å²) in [6.07, 6.45) is 5.31. The van der Waals surface area contributed by atoms with Crippen molar-refractivity contribution in [2.45, 2.75) is 52.4 Å². The van der Waals surface area contributed by atoms with Gasteiger partial charge in [0.25, 0.3) is 0 Å². The van der Waals surface area contributed by atoms with Crippen molar-refractivity contribution in [1.29, 1.82) is 0 Å². The molecule has 0 fully saturated rings. The molecule has 1 rings (SSSR count). The third kappa shape index (κ3) is 6.73. The van der Waals surface area contributed by atoms with Crippen molar-refractivity contribution in [2.24, 2.45) is 5.92 Å². The second kappa shape index (κ2) is 10.5. The molecular formula is C18H25BrO3. The summed E-state index contributed by atoms with van der Waals surface area (Å²) in [5.41, 5.74) is 0.660. The maximum absolute atomic E-state index is 12.6. The van der Waals surface area contributed by atoms with Crippen LogP contribution in [0.25, 0.3) is 0 Å². The first kappa shape index (κ1) is 18.9. The highest BCUT2D eigenvalue weighted by molar-refractivity contribution is 9.10. The van der Waals surface area contributed by atoms with Gasteiger partial charge in [0.15, 0.2) is 5.78 Å². The molecule has 1 atom stereocenters. The number of hydrogen-bond donors (Lipinski definition) is 0. The number of unbranched alkanes of at least 4 members (excludes halogenated alkanes) is 3. The van der Waals surface area contributed by atoms with E-state index in [1.807, 2.05) is 12.1 Å². The second-order valence-corrected chi connectivity index (χ2v) is 6.34. The lowest BCUT2D eigenvalue weighted by molar-refractivity contribution is -0.143. The van der Waals surface area contributed by atoms with Crippen molar-refractivity contribution in [2.75, 3.05) is 6.61 Å². The molecule has 3 nitrogen and oxygen atoms in total. The van der Waals surface area contributed by atoms with E-state index in [1.54, 1.807) is 19.1 Å². The molecule has 0 aliphatic heterocycles. The van der Waals surface area contributed by atoms with Crippen LogP contribution < -0.4 is 0 Å². The number of benzene rings is 1. The number of ketones is 1. The average Bonchev–Trinajstić information content (AvgIpc) is 2.50. The van der Waals surface area contributed by atoms with Crippen LogP contribution in [0.5, 0.6) is 0 Å². The number of rotatable bonds is 10. The smallest absolute Gasteiger partial charge is 0.306 e. The molecule has 0 aromatic heterocycles. The summed E-state index contributed by atoms with van der Waals surface area (Å²) >= 11 is 3.37. The van der Waals surface area contributed by atoms with Crippen LogP contribution in [-0.2, 0) is 9.53 Å². The van der Waals surface area contributed by atoms with E-state index in [2.05, 4.69) is 22.9 Å². The zero-order valence-electron chi connectivity index (χ0n) is 13.4. The van der Waals surface area contributed by atoms with Crippen molar-refractivity contribution in [3.63, 3.8) is 0 Å². The number of ether oxygens (including phenoxy) is 1. The molecule has 0 amide bonds. The summed E-state index contributed by atoms with van der Waals surface area (Å²) in [6.45, 7) is 4.29. The molecule has 0 spiro atoms. The van der Waals surface area contributed by atoms with Gasteiger partial charge in [-0.05, 0) is 25.5 Å². The minimum atomic E-state index is -0.284. The summed E-state index contributed by atoms with van der Waals surface area (Å²) in [6, 6.07) is 7.31. The van der Waals surface area contributed by atoms with Gasteiger partial charge in [0, 0.05) is 16.0 Å². The Labute approximate surface area is 141 Å². The molecule has 1 aromatic carbocycles. The van der Waals surface area contributed by atoms with Crippen LogP contribution in [0.2, 0.25) is 0 Å². The van der Waals surface area contributed by atoms with Crippen LogP contribution in [0, 0.1) is 5.92 Å². The highest BCUT2D eigenvalue weighted by Gasteiger charge is 2.23. The first-order valence-electron chi connectivity index (χ1n) is 8.03. The molecule has 0 aliphatic rings. The molecule has 0 saturated carbocycles. The molecule has 0 unspecified atom stereocenters.